The topological polar surface area (TPSA) is 69.1 Å². The number of hydrogen-bond donors (Lipinski definition) is 2. The van der Waals surface area contributed by atoms with Gasteiger partial charge in [0.2, 0.25) is 0 Å². The van der Waals surface area contributed by atoms with E-state index in [9.17, 15) is 4.79 Å². The first-order valence-electron chi connectivity index (χ1n) is 1.59. The zero-order chi connectivity index (χ0) is 5.70. The molecule has 0 bridgehead atoms. The Labute approximate surface area is 45.9 Å². The van der Waals surface area contributed by atoms with Gasteiger partial charge in [0, 0.05) is 6.20 Å². The Balaban J connectivity index is 3.60. The predicted octanol–water partition coefficient (Wildman–Crippen LogP) is -0.408. The van der Waals surface area contributed by atoms with E-state index in [0.717, 1.165) is 18.1 Å². The molecule has 0 unspecified atom stereocenters. The second-order valence-electron chi connectivity index (χ2n) is 0.805. The molecule has 3 nitrogen and oxygen atoms in total. The Hall–Kier alpha value is -0.480. The summed E-state index contributed by atoms with van der Waals surface area (Å²) in [4.78, 5) is 10.1. The third-order valence-electron chi connectivity index (χ3n) is 0.417. The maximum atomic E-state index is 9.72. The molecule has 7 heavy (non-hydrogen) atoms. The third kappa shape index (κ3) is 2.24. The number of aldehydes is 1. The molecule has 40 valence electrons. The fourth-order valence-electron chi connectivity index (χ4n) is 0.106. The van der Waals surface area contributed by atoms with Gasteiger partial charge >= 0.3 is 0 Å². The largest absolute Gasteiger partial charge is 0.404 e. The highest BCUT2D eigenvalue weighted by Crippen LogP contribution is 1.98. The molecule has 0 aliphatic rings. The van der Waals surface area contributed by atoms with Crippen LogP contribution in [0.1, 0.15) is 0 Å². The van der Waals surface area contributed by atoms with Gasteiger partial charge < -0.3 is 5.73 Å². The maximum Gasteiger partial charge on any atom is 0.159 e. The molecule has 0 saturated heterocycles. The van der Waals surface area contributed by atoms with Gasteiger partial charge in [-0.05, 0) is 11.9 Å². The Kier molecular flexibility index (Phi) is 3.45. The number of carbonyl (C=O) groups is 1. The Morgan fingerprint density at radius 2 is 2.29 bits per heavy atom. The van der Waals surface area contributed by atoms with Crippen LogP contribution >= 0.6 is 11.9 Å². The van der Waals surface area contributed by atoms with Gasteiger partial charge in [-0.3, -0.25) is 9.93 Å². The average molecular weight is 118 g/mol. The molecule has 0 amide bonds. The predicted molar refractivity (Wildman–Crippen MR) is 30.1 cm³/mol. The highest BCUT2D eigenvalue weighted by molar-refractivity contribution is 8.01. The number of hydrogen-bond acceptors (Lipinski definition) is 4. The smallest absolute Gasteiger partial charge is 0.159 e. The first-order chi connectivity index (χ1) is 3.35. The highest BCUT2D eigenvalue weighted by Gasteiger charge is 1.84. The quantitative estimate of drug-likeness (QED) is 0.294. The van der Waals surface area contributed by atoms with Crippen molar-refractivity contribution < 1.29 is 4.79 Å². The van der Waals surface area contributed by atoms with Gasteiger partial charge in [0.25, 0.3) is 0 Å². The molecule has 0 aliphatic carbocycles. The minimum Gasteiger partial charge on any atom is -0.404 e. The average Bonchev–Trinajstić information content (AvgIpc) is 1.72. The van der Waals surface area contributed by atoms with Crippen molar-refractivity contribution in [3.8, 4) is 0 Å². The molecule has 0 atom stereocenters. The van der Waals surface area contributed by atoms with E-state index in [2.05, 4.69) is 0 Å². The van der Waals surface area contributed by atoms with E-state index in [1.165, 1.54) is 0 Å². The number of carbonyl (C=O) groups excluding carboxylic acids is 1. The molecule has 0 rings (SSSR count). The third-order valence-corrected chi connectivity index (χ3v) is 0.921. The van der Waals surface area contributed by atoms with Gasteiger partial charge in [-0.2, -0.15) is 0 Å². The zero-order valence-electron chi connectivity index (χ0n) is 3.63. The molecule has 0 spiro atoms. The summed E-state index contributed by atoms with van der Waals surface area (Å²) in [7, 11) is 0. The van der Waals surface area contributed by atoms with Crippen LogP contribution in [0, 0.1) is 0 Å². The standard InChI is InChI=1S/C3H6N2OS/c4-1-3(2-6)7-5/h1-2H,4-5H2/b3-1-. The molecule has 0 fully saturated rings. The molecule has 0 saturated carbocycles. The molecule has 0 aromatic rings. The fraction of sp³-hybridized carbons (Fsp3) is 0. The Morgan fingerprint density at radius 1 is 1.71 bits per heavy atom. The van der Waals surface area contributed by atoms with Crippen molar-refractivity contribution in [1.82, 2.24) is 0 Å². The van der Waals surface area contributed by atoms with E-state index in [0.29, 0.717) is 11.2 Å². The molecule has 0 aromatic carbocycles. The van der Waals surface area contributed by atoms with E-state index in [1.54, 1.807) is 0 Å². The maximum absolute atomic E-state index is 9.72. The first-order valence-corrected chi connectivity index (χ1v) is 2.47. The van der Waals surface area contributed by atoms with Crippen molar-refractivity contribution >= 4 is 18.2 Å². The van der Waals surface area contributed by atoms with Crippen LogP contribution in [0.3, 0.4) is 0 Å². The minimum atomic E-state index is 0.347. The number of nitrogens with two attached hydrogens (primary N) is 2. The van der Waals surface area contributed by atoms with Gasteiger partial charge in [-0.25, -0.2) is 0 Å². The zero-order valence-corrected chi connectivity index (χ0v) is 4.44. The lowest BCUT2D eigenvalue weighted by molar-refractivity contribution is -0.104. The second kappa shape index (κ2) is 3.70. The van der Waals surface area contributed by atoms with Crippen LogP contribution < -0.4 is 10.9 Å². The van der Waals surface area contributed by atoms with Crippen LogP contribution in [0.5, 0.6) is 0 Å². The summed E-state index contributed by atoms with van der Waals surface area (Å²) in [5, 5.41) is 4.93. The van der Waals surface area contributed by atoms with Crippen molar-refractivity contribution in [3.05, 3.63) is 11.1 Å². The Morgan fingerprint density at radius 3 is 2.29 bits per heavy atom. The summed E-state index contributed by atoms with van der Waals surface area (Å²) < 4.78 is 0. The molecule has 0 radical (unpaired) electrons. The molecule has 0 aromatic heterocycles. The lowest BCUT2D eigenvalue weighted by Crippen LogP contribution is -1.89. The van der Waals surface area contributed by atoms with Crippen LogP contribution in [0.25, 0.3) is 0 Å². The summed E-state index contributed by atoms with van der Waals surface area (Å²) in [6.07, 6.45) is 1.77. The van der Waals surface area contributed by atoms with Gasteiger partial charge in [0.15, 0.2) is 6.29 Å². The summed E-state index contributed by atoms with van der Waals surface area (Å²) in [6, 6.07) is 0. The SMILES string of the molecule is N/C=C(/C=O)SN. The molecule has 4 heteroatoms. The molecule has 0 aliphatic heterocycles. The van der Waals surface area contributed by atoms with Crippen LogP contribution in [0.2, 0.25) is 0 Å². The van der Waals surface area contributed by atoms with Crippen molar-refractivity contribution in [3.63, 3.8) is 0 Å². The van der Waals surface area contributed by atoms with Crippen LogP contribution in [-0.2, 0) is 4.79 Å². The molecular formula is C3H6N2OS. The van der Waals surface area contributed by atoms with Gasteiger partial charge in [-0.15, -0.1) is 0 Å². The first kappa shape index (κ1) is 6.52. The van der Waals surface area contributed by atoms with E-state index in [1.807, 2.05) is 0 Å². The van der Waals surface area contributed by atoms with Gasteiger partial charge in [-0.1, -0.05) is 0 Å². The normalized spacial score (nSPS) is 11.3. The highest BCUT2D eigenvalue weighted by atomic mass is 32.2. The second-order valence-corrected chi connectivity index (χ2v) is 1.51. The summed E-state index contributed by atoms with van der Waals surface area (Å²) in [6.45, 7) is 0. The summed E-state index contributed by atoms with van der Waals surface area (Å²) >= 11 is 0.838. The Bertz CT molecular complexity index is 90.9. The van der Waals surface area contributed by atoms with Crippen molar-refractivity contribution in [2.75, 3.05) is 0 Å². The fourth-order valence-corrected chi connectivity index (χ4v) is 0.240. The van der Waals surface area contributed by atoms with E-state index < -0.39 is 0 Å². The molecule has 0 heterocycles. The summed E-state index contributed by atoms with van der Waals surface area (Å²) in [5.74, 6) is 0. The van der Waals surface area contributed by atoms with Crippen molar-refractivity contribution in [1.29, 1.82) is 0 Å². The van der Waals surface area contributed by atoms with E-state index >= 15 is 0 Å². The van der Waals surface area contributed by atoms with E-state index in [4.69, 9.17) is 10.9 Å². The van der Waals surface area contributed by atoms with E-state index in [-0.39, 0.29) is 0 Å². The number of allylic oxidation sites excluding steroid dienone is 1. The number of rotatable bonds is 2. The molecule has 4 N–H and O–H groups in total. The van der Waals surface area contributed by atoms with Gasteiger partial charge in [0.1, 0.15) is 0 Å². The summed E-state index contributed by atoms with van der Waals surface area (Å²) in [5.41, 5.74) is 4.90. The lowest BCUT2D eigenvalue weighted by atomic mass is 10.7. The van der Waals surface area contributed by atoms with Gasteiger partial charge in [0.05, 0.1) is 4.91 Å². The van der Waals surface area contributed by atoms with Crippen LogP contribution in [0.4, 0.5) is 0 Å². The van der Waals surface area contributed by atoms with Crippen molar-refractivity contribution in [2.24, 2.45) is 10.9 Å². The van der Waals surface area contributed by atoms with Crippen LogP contribution in [-0.4, -0.2) is 6.29 Å². The minimum absolute atomic E-state index is 0.347. The molecular weight excluding hydrogens is 112 g/mol. The van der Waals surface area contributed by atoms with Crippen molar-refractivity contribution in [2.45, 2.75) is 0 Å². The van der Waals surface area contributed by atoms with Crippen LogP contribution in [0.15, 0.2) is 11.1 Å². The monoisotopic (exact) mass is 118 g/mol. The lowest BCUT2D eigenvalue weighted by Gasteiger charge is -1.83.